The molecule has 0 spiro atoms. The molecule has 0 atom stereocenters. The Kier molecular flexibility index (Phi) is 3.47. The van der Waals surface area contributed by atoms with Crippen molar-refractivity contribution >= 4 is 11.8 Å². The van der Waals surface area contributed by atoms with Gasteiger partial charge < -0.3 is 5.11 Å². The molecule has 3 nitrogen and oxygen atoms in total. The third-order valence-electron chi connectivity index (χ3n) is 3.14. The van der Waals surface area contributed by atoms with E-state index in [0.717, 1.165) is 11.1 Å². The van der Waals surface area contributed by atoms with E-state index in [1.165, 1.54) is 12.1 Å². The van der Waals surface area contributed by atoms with Gasteiger partial charge in [-0.25, -0.2) is 4.79 Å². The summed E-state index contributed by atoms with van der Waals surface area (Å²) in [6.45, 7) is 3.93. The van der Waals surface area contributed by atoms with Crippen molar-refractivity contribution in [2.45, 2.75) is 13.8 Å². The Morgan fingerprint density at radius 3 is 2.11 bits per heavy atom. The number of carbonyl (C=O) groups is 2. The first-order valence-corrected chi connectivity index (χ1v) is 5.94. The second-order valence-corrected chi connectivity index (χ2v) is 4.51. The molecule has 0 amide bonds. The first-order valence-electron chi connectivity index (χ1n) is 5.94. The molecule has 0 aliphatic carbocycles. The van der Waals surface area contributed by atoms with E-state index >= 15 is 0 Å². The van der Waals surface area contributed by atoms with Crippen LogP contribution in [0.4, 0.5) is 0 Å². The van der Waals surface area contributed by atoms with E-state index in [0.29, 0.717) is 11.1 Å². The van der Waals surface area contributed by atoms with Crippen LogP contribution in [0, 0.1) is 13.8 Å². The quantitative estimate of drug-likeness (QED) is 0.855. The number of carboxylic acid groups (broad SMARTS) is 1. The summed E-state index contributed by atoms with van der Waals surface area (Å²) in [7, 11) is 0. The summed E-state index contributed by atoms with van der Waals surface area (Å²) in [6.07, 6.45) is 0. The zero-order valence-electron chi connectivity index (χ0n) is 10.8. The number of hydrogen-bond donors (Lipinski definition) is 1. The highest BCUT2D eigenvalue weighted by Crippen LogP contribution is 2.15. The Morgan fingerprint density at radius 1 is 0.842 bits per heavy atom. The number of carboxylic acids is 1. The fourth-order valence-electron chi connectivity index (χ4n) is 1.84. The van der Waals surface area contributed by atoms with Crippen LogP contribution in [0.2, 0.25) is 0 Å². The van der Waals surface area contributed by atoms with Crippen molar-refractivity contribution in [2.75, 3.05) is 0 Å². The summed E-state index contributed by atoms with van der Waals surface area (Å²) < 4.78 is 0. The maximum absolute atomic E-state index is 12.3. The van der Waals surface area contributed by atoms with Gasteiger partial charge in [-0.05, 0) is 43.2 Å². The molecule has 1 N–H and O–H groups in total. The Morgan fingerprint density at radius 2 is 1.47 bits per heavy atom. The Hall–Kier alpha value is -2.42. The zero-order valence-corrected chi connectivity index (χ0v) is 10.8. The SMILES string of the molecule is Cc1ccc(C(=O)c2cccc(C(=O)O)c2)cc1C. The van der Waals surface area contributed by atoms with Crippen LogP contribution in [0.1, 0.15) is 37.4 Å². The number of aryl methyl sites for hydroxylation is 2. The molecule has 0 aliphatic heterocycles. The summed E-state index contributed by atoms with van der Waals surface area (Å²) in [6, 6.07) is 11.6. The van der Waals surface area contributed by atoms with Gasteiger partial charge in [0.15, 0.2) is 5.78 Å². The lowest BCUT2D eigenvalue weighted by molar-refractivity contribution is 0.0697. The lowest BCUT2D eigenvalue weighted by atomic mass is 9.98. The molecule has 0 aliphatic rings. The first-order chi connectivity index (χ1) is 8.99. The topological polar surface area (TPSA) is 54.4 Å². The molecule has 0 unspecified atom stereocenters. The molecule has 0 aromatic heterocycles. The number of ketones is 1. The molecule has 0 heterocycles. The van der Waals surface area contributed by atoms with Crippen LogP contribution >= 0.6 is 0 Å². The fraction of sp³-hybridized carbons (Fsp3) is 0.125. The smallest absolute Gasteiger partial charge is 0.335 e. The van der Waals surface area contributed by atoms with Gasteiger partial charge in [-0.15, -0.1) is 0 Å². The lowest BCUT2D eigenvalue weighted by Gasteiger charge is -2.05. The summed E-state index contributed by atoms with van der Waals surface area (Å²) in [5.74, 6) is -1.19. The standard InChI is InChI=1S/C16H14O3/c1-10-6-7-13(8-11(10)2)15(17)12-4-3-5-14(9-12)16(18)19/h3-9H,1-2H3,(H,18,19). The largest absolute Gasteiger partial charge is 0.478 e. The van der Waals surface area contributed by atoms with Gasteiger partial charge in [0.1, 0.15) is 0 Å². The van der Waals surface area contributed by atoms with Crippen LogP contribution < -0.4 is 0 Å². The van der Waals surface area contributed by atoms with Gasteiger partial charge >= 0.3 is 5.97 Å². The third kappa shape index (κ3) is 2.71. The summed E-state index contributed by atoms with van der Waals surface area (Å²) >= 11 is 0. The Labute approximate surface area is 111 Å². The van der Waals surface area contributed by atoms with Crippen LogP contribution in [0.3, 0.4) is 0 Å². The predicted octanol–water partition coefficient (Wildman–Crippen LogP) is 3.23. The number of benzene rings is 2. The molecular formula is C16H14O3. The van der Waals surface area contributed by atoms with Crippen LogP contribution in [-0.2, 0) is 0 Å². The number of carbonyl (C=O) groups excluding carboxylic acids is 1. The molecule has 2 aromatic carbocycles. The average molecular weight is 254 g/mol. The highest BCUT2D eigenvalue weighted by Gasteiger charge is 2.12. The van der Waals surface area contributed by atoms with Crippen LogP contribution in [0.5, 0.6) is 0 Å². The minimum atomic E-state index is -1.03. The molecule has 0 saturated heterocycles. The lowest BCUT2D eigenvalue weighted by Crippen LogP contribution is -2.04. The molecule has 0 radical (unpaired) electrons. The van der Waals surface area contributed by atoms with E-state index in [1.807, 2.05) is 26.0 Å². The highest BCUT2D eigenvalue weighted by molar-refractivity contribution is 6.10. The molecule has 2 aromatic rings. The Balaban J connectivity index is 2.41. The molecule has 0 saturated carbocycles. The van der Waals surface area contributed by atoms with Crippen molar-refractivity contribution in [3.05, 3.63) is 70.3 Å². The minimum absolute atomic E-state index is 0.120. The summed E-state index contributed by atoms with van der Waals surface area (Å²) in [4.78, 5) is 23.2. The number of aromatic carboxylic acids is 1. The molecule has 0 bridgehead atoms. The first kappa shape index (κ1) is 13.0. The van der Waals surface area contributed by atoms with Gasteiger partial charge in [0, 0.05) is 11.1 Å². The van der Waals surface area contributed by atoms with E-state index in [4.69, 9.17) is 5.11 Å². The minimum Gasteiger partial charge on any atom is -0.478 e. The van der Waals surface area contributed by atoms with Gasteiger partial charge in [0.2, 0.25) is 0 Å². The molecule has 96 valence electrons. The van der Waals surface area contributed by atoms with Crippen molar-refractivity contribution in [1.29, 1.82) is 0 Å². The van der Waals surface area contributed by atoms with Crippen molar-refractivity contribution in [3.8, 4) is 0 Å². The predicted molar refractivity (Wildman–Crippen MR) is 72.7 cm³/mol. The van der Waals surface area contributed by atoms with E-state index in [1.54, 1.807) is 18.2 Å². The van der Waals surface area contributed by atoms with Gasteiger partial charge in [-0.1, -0.05) is 24.3 Å². The van der Waals surface area contributed by atoms with Gasteiger partial charge in [-0.3, -0.25) is 4.79 Å². The second kappa shape index (κ2) is 5.06. The molecule has 3 heteroatoms. The van der Waals surface area contributed by atoms with Crippen molar-refractivity contribution in [3.63, 3.8) is 0 Å². The molecular weight excluding hydrogens is 240 g/mol. The van der Waals surface area contributed by atoms with E-state index in [-0.39, 0.29) is 11.3 Å². The van der Waals surface area contributed by atoms with Gasteiger partial charge in [0.05, 0.1) is 5.56 Å². The maximum Gasteiger partial charge on any atom is 0.335 e. The van der Waals surface area contributed by atoms with Gasteiger partial charge in [-0.2, -0.15) is 0 Å². The maximum atomic E-state index is 12.3. The second-order valence-electron chi connectivity index (χ2n) is 4.51. The highest BCUT2D eigenvalue weighted by atomic mass is 16.4. The monoisotopic (exact) mass is 254 g/mol. The normalized spacial score (nSPS) is 10.2. The van der Waals surface area contributed by atoms with E-state index in [2.05, 4.69) is 0 Å². The number of hydrogen-bond acceptors (Lipinski definition) is 2. The van der Waals surface area contributed by atoms with Crippen LogP contribution in [0.15, 0.2) is 42.5 Å². The van der Waals surface area contributed by atoms with Gasteiger partial charge in [0.25, 0.3) is 0 Å². The van der Waals surface area contributed by atoms with Crippen molar-refractivity contribution < 1.29 is 14.7 Å². The average Bonchev–Trinajstić information content (AvgIpc) is 2.41. The molecule has 0 fully saturated rings. The third-order valence-corrected chi connectivity index (χ3v) is 3.14. The Bertz CT molecular complexity index is 657. The summed E-state index contributed by atoms with van der Waals surface area (Å²) in [5, 5.41) is 8.93. The van der Waals surface area contributed by atoms with E-state index in [9.17, 15) is 9.59 Å². The van der Waals surface area contributed by atoms with Crippen molar-refractivity contribution in [1.82, 2.24) is 0 Å². The number of rotatable bonds is 3. The molecule has 19 heavy (non-hydrogen) atoms. The summed E-state index contributed by atoms with van der Waals surface area (Å²) in [5.41, 5.74) is 3.25. The van der Waals surface area contributed by atoms with Crippen LogP contribution in [-0.4, -0.2) is 16.9 Å². The fourth-order valence-corrected chi connectivity index (χ4v) is 1.84. The zero-order chi connectivity index (χ0) is 14.0. The molecule has 2 rings (SSSR count). The van der Waals surface area contributed by atoms with Crippen LogP contribution in [0.25, 0.3) is 0 Å². The van der Waals surface area contributed by atoms with E-state index < -0.39 is 5.97 Å². The van der Waals surface area contributed by atoms with Crippen molar-refractivity contribution in [2.24, 2.45) is 0 Å².